The summed E-state index contributed by atoms with van der Waals surface area (Å²) in [7, 11) is 2.09. The van der Waals surface area contributed by atoms with Crippen LogP contribution in [-0.2, 0) is 9.59 Å². The fraction of sp³-hybridized carbons (Fsp3) is 0.286. The van der Waals surface area contributed by atoms with Crippen molar-refractivity contribution in [1.29, 1.82) is 0 Å². The Morgan fingerprint density at radius 1 is 1.03 bits per heavy atom. The van der Waals surface area contributed by atoms with Crippen molar-refractivity contribution >= 4 is 59.2 Å². The Morgan fingerprint density at radius 2 is 1.70 bits per heavy atom. The zero-order valence-electron chi connectivity index (χ0n) is 16.8. The SMILES string of the molecule is Cc1ccc(N2C(=O)/C(=C\c3ccc(N4CCN(C)CC4)o3)C(=O)NC2=S)cc1.Cl. The van der Waals surface area contributed by atoms with Gasteiger partial charge >= 0.3 is 0 Å². The highest BCUT2D eigenvalue weighted by atomic mass is 35.5. The summed E-state index contributed by atoms with van der Waals surface area (Å²) in [6, 6.07) is 11.0. The monoisotopic (exact) mass is 446 g/mol. The van der Waals surface area contributed by atoms with E-state index in [1.54, 1.807) is 18.2 Å². The summed E-state index contributed by atoms with van der Waals surface area (Å²) in [6.07, 6.45) is 1.47. The third-order valence-electron chi connectivity index (χ3n) is 5.11. The molecule has 4 rings (SSSR count). The average Bonchev–Trinajstić information content (AvgIpc) is 3.16. The molecule has 0 unspecified atom stereocenters. The maximum atomic E-state index is 13.0. The van der Waals surface area contributed by atoms with Crippen LogP contribution in [0, 0.1) is 6.92 Å². The van der Waals surface area contributed by atoms with Crippen molar-refractivity contribution in [3.63, 3.8) is 0 Å². The number of carbonyl (C=O) groups is 2. The van der Waals surface area contributed by atoms with Gasteiger partial charge in [0.15, 0.2) is 11.0 Å². The molecule has 0 radical (unpaired) electrons. The standard InChI is InChI=1S/C21H22N4O3S.ClH/c1-14-3-5-15(6-4-14)25-20(27)17(19(26)22-21(25)29)13-16-7-8-18(28-16)24-11-9-23(2)10-12-24;/h3-8,13H,9-12H2,1-2H3,(H,22,26,29);1H/b17-13-;. The van der Waals surface area contributed by atoms with E-state index in [1.807, 2.05) is 25.1 Å². The van der Waals surface area contributed by atoms with Gasteiger partial charge in [-0.05, 0) is 50.5 Å². The molecule has 2 aliphatic heterocycles. The maximum absolute atomic E-state index is 13.0. The van der Waals surface area contributed by atoms with E-state index in [-0.39, 0.29) is 23.1 Å². The third-order valence-corrected chi connectivity index (χ3v) is 5.39. The Kier molecular flexibility index (Phi) is 6.60. The Bertz CT molecular complexity index is 994. The Hall–Kier alpha value is -2.68. The van der Waals surface area contributed by atoms with Gasteiger partial charge in [0.05, 0.1) is 5.69 Å². The van der Waals surface area contributed by atoms with Crippen molar-refractivity contribution in [1.82, 2.24) is 10.2 Å². The molecule has 0 aliphatic carbocycles. The zero-order valence-corrected chi connectivity index (χ0v) is 18.4. The lowest BCUT2D eigenvalue weighted by Crippen LogP contribution is -2.54. The number of benzene rings is 1. The second-order valence-corrected chi connectivity index (χ2v) is 7.65. The molecule has 3 heterocycles. The van der Waals surface area contributed by atoms with Crippen LogP contribution >= 0.6 is 24.6 Å². The predicted octanol–water partition coefficient (Wildman–Crippen LogP) is 2.59. The Balaban J connectivity index is 0.00000256. The van der Waals surface area contributed by atoms with Crippen LogP contribution in [0.15, 0.2) is 46.4 Å². The van der Waals surface area contributed by atoms with Gasteiger partial charge in [0, 0.05) is 32.2 Å². The van der Waals surface area contributed by atoms with Crippen LogP contribution in [0.1, 0.15) is 11.3 Å². The van der Waals surface area contributed by atoms with Crippen LogP contribution < -0.4 is 15.1 Å². The molecule has 9 heteroatoms. The molecule has 7 nitrogen and oxygen atoms in total. The summed E-state index contributed by atoms with van der Waals surface area (Å²) in [6.45, 7) is 5.62. The number of amides is 2. The molecular formula is C21H23ClN4O3S. The Labute approximate surface area is 186 Å². The number of halogens is 1. The van der Waals surface area contributed by atoms with Crippen molar-refractivity contribution in [3.8, 4) is 0 Å². The normalized spacial score (nSPS) is 19.1. The van der Waals surface area contributed by atoms with E-state index in [4.69, 9.17) is 16.6 Å². The van der Waals surface area contributed by atoms with Gasteiger partial charge < -0.3 is 14.2 Å². The molecule has 1 aromatic carbocycles. The lowest BCUT2D eigenvalue weighted by molar-refractivity contribution is -0.122. The number of furan rings is 1. The number of aryl methyl sites for hydroxylation is 1. The molecule has 2 aromatic rings. The fourth-order valence-electron chi connectivity index (χ4n) is 3.34. The molecule has 2 saturated heterocycles. The first-order valence-electron chi connectivity index (χ1n) is 9.44. The third kappa shape index (κ3) is 4.40. The number of anilines is 2. The van der Waals surface area contributed by atoms with Gasteiger partial charge in [0.2, 0.25) is 0 Å². The highest BCUT2D eigenvalue weighted by molar-refractivity contribution is 7.80. The summed E-state index contributed by atoms with van der Waals surface area (Å²) >= 11 is 5.22. The predicted molar refractivity (Wildman–Crippen MR) is 123 cm³/mol. The largest absolute Gasteiger partial charge is 0.441 e. The van der Waals surface area contributed by atoms with Crippen molar-refractivity contribution in [3.05, 3.63) is 53.3 Å². The number of nitrogens with one attached hydrogen (secondary N) is 1. The van der Waals surface area contributed by atoms with Gasteiger partial charge in [-0.2, -0.15) is 0 Å². The number of hydrogen-bond acceptors (Lipinski definition) is 6. The van der Waals surface area contributed by atoms with Crippen LogP contribution in [0.25, 0.3) is 6.08 Å². The summed E-state index contributed by atoms with van der Waals surface area (Å²) in [4.78, 5) is 31.2. The smallest absolute Gasteiger partial charge is 0.270 e. The van der Waals surface area contributed by atoms with E-state index >= 15 is 0 Å². The van der Waals surface area contributed by atoms with Gasteiger partial charge in [-0.3, -0.25) is 19.8 Å². The average molecular weight is 447 g/mol. The zero-order chi connectivity index (χ0) is 20.5. The molecule has 2 amide bonds. The van der Waals surface area contributed by atoms with E-state index in [0.717, 1.165) is 37.6 Å². The minimum Gasteiger partial charge on any atom is -0.441 e. The first-order valence-corrected chi connectivity index (χ1v) is 9.84. The van der Waals surface area contributed by atoms with Crippen LogP contribution in [0.2, 0.25) is 0 Å². The van der Waals surface area contributed by atoms with E-state index < -0.39 is 11.8 Å². The minimum absolute atomic E-state index is 0. The number of thiocarbonyl (C=S) groups is 1. The van der Waals surface area contributed by atoms with Crippen LogP contribution in [-0.4, -0.2) is 55.1 Å². The van der Waals surface area contributed by atoms with Gasteiger partial charge in [-0.1, -0.05) is 17.7 Å². The maximum Gasteiger partial charge on any atom is 0.270 e. The number of nitrogens with zero attached hydrogens (tertiary/aromatic N) is 3. The minimum atomic E-state index is -0.527. The van der Waals surface area contributed by atoms with Crippen LogP contribution in [0.4, 0.5) is 11.6 Å². The van der Waals surface area contributed by atoms with E-state index in [2.05, 4.69) is 22.2 Å². The lowest BCUT2D eigenvalue weighted by atomic mass is 10.1. The van der Waals surface area contributed by atoms with E-state index in [0.29, 0.717) is 11.4 Å². The van der Waals surface area contributed by atoms with Crippen molar-refractivity contribution < 1.29 is 14.0 Å². The second-order valence-electron chi connectivity index (χ2n) is 7.26. The molecular weight excluding hydrogens is 424 g/mol. The number of likely N-dealkylation sites (N-methyl/N-ethyl adjacent to an activating group) is 1. The number of piperazine rings is 1. The molecule has 1 N–H and O–H groups in total. The van der Waals surface area contributed by atoms with Crippen molar-refractivity contribution in [2.75, 3.05) is 43.0 Å². The number of hydrogen-bond donors (Lipinski definition) is 1. The van der Waals surface area contributed by atoms with Gasteiger partial charge in [-0.25, -0.2) is 0 Å². The second kappa shape index (κ2) is 8.99. The molecule has 158 valence electrons. The summed E-state index contributed by atoms with van der Waals surface area (Å²) in [5, 5.41) is 2.66. The lowest BCUT2D eigenvalue weighted by Gasteiger charge is -2.32. The summed E-state index contributed by atoms with van der Waals surface area (Å²) in [5.74, 6) is 0.190. The van der Waals surface area contributed by atoms with E-state index in [9.17, 15) is 9.59 Å². The number of carbonyl (C=O) groups excluding carboxylic acids is 2. The molecule has 0 atom stereocenters. The Morgan fingerprint density at radius 3 is 2.37 bits per heavy atom. The first kappa shape index (κ1) is 22.0. The topological polar surface area (TPSA) is 69.0 Å². The van der Waals surface area contributed by atoms with Crippen LogP contribution in [0.3, 0.4) is 0 Å². The van der Waals surface area contributed by atoms with Gasteiger partial charge in [-0.15, -0.1) is 12.4 Å². The molecule has 0 saturated carbocycles. The van der Waals surface area contributed by atoms with Gasteiger partial charge in [0.25, 0.3) is 11.8 Å². The summed E-state index contributed by atoms with van der Waals surface area (Å²) < 4.78 is 5.89. The molecule has 1 aromatic heterocycles. The van der Waals surface area contributed by atoms with Crippen molar-refractivity contribution in [2.24, 2.45) is 0 Å². The first-order chi connectivity index (χ1) is 13.9. The van der Waals surface area contributed by atoms with Crippen molar-refractivity contribution in [2.45, 2.75) is 6.92 Å². The molecule has 0 spiro atoms. The molecule has 2 aliphatic rings. The highest BCUT2D eigenvalue weighted by Crippen LogP contribution is 2.25. The highest BCUT2D eigenvalue weighted by Gasteiger charge is 2.34. The molecule has 30 heavy (non-hydrogen) atoms. The quantitative estimate of drug-likeness (QED) is 0.444. The molecule has 2 fully saturated rings. The summed E-state index contributed by atoms with van der Waals surface area (Å²) in [5.41, 5.74) is 1.66. The van der Waals surface area contributed by atoms with Crippen LogP contribution in [0.5, 0.6) is 0 Å². The van der Waals surface area contributed by atoms with E-state index in [1.165, 1.54) is 11.0 Å². The number of rotatable bonds is 3. The fourth-order valence-corrected chi connectivity index (χ4v) is 3.63. The van der Waals surface area contributed by atoms with Gasteiger partial charge in [0.1, 0.15) is 11.3 Å². The molecule has 0 bridgehead atoms.